The largest absolute Gasteiger partial charge is 0.481 e. The summed E-state index contributed by atoms with van der Waals surface area (Å²) in [5, 5.41) is 0.883. The third-order valence-electron chi connectivity index (χ3n) is 4.15. The summed E-state index contributed by atoms with van der Waals surface area (Å²) in [6.07, 6.45) is 0.696. The van der Waals surface area contributed by atoms with Crippen LogP contribution in [0.5, 0.6) is 5.75 Å². The van der Waals surface area contributed by atoms with Gasteiger partial charge < -0.3 is 14.6 Å². The highest BCUT2D eigenvalue weighted by Gasteiger charge is 2.17. The van der Waals surface area contributed by atoms with Crippen molar-refractivity contribution in [3.05, 3.63) is 67.9 Å². The second-order valence-corrected chi connectivity index (χ2v) is 7.70. The van der Waals surface area contributed by atoms with E-state index in [0.29, 0.717) is 39.2 Å². The van der Waals surface area contributed by atoms with Crippen LogP contribution in [0.15, 0.2) is 45.7 Å². The lowest BCUT2D eigenvalue weighted by Crippen LogP contribution is -2.36. The van der Waals surface area contributed by atoms with Crippen molar-refractivity contribution in [1.82, 2.24) is 14.9 Å². The smallest absolute Gasteiger partial charge is 0.260 e. The van der Waals surface area contributed by atoms with Gasteiger partial charge in [-0.25, -0.2) is 9.37 Å². The number of ether oxygens (including phenoxy) is 1. The average Bonchev–Trinajstić information content (AvgIpc) is 2.66. The highest BCUT2D eigenvalue weighted by molar-refractivity contribution is 9.10. The second-order valence-electron chi connectivity index (χ2n) is 6.35. The Morgan fingerprint density at radius 1 is 1.31 bits per heavy atom. The molecular formula is C20H18BrClFN3O3. The minimum atomic E-state index is -0.563. The minimum absolute atomic E-state index is 0.00937. The number of nitrogens with zero attached hydrogens (tertiary/aromatic N) is 2. The molecule has 6 nitrogen and oxygen atoms in total. The fourth-order valence-corrected chi connectivity index (χ4v) is 3.30. The van der Waals surface area contributed by atoms with E-state index in [2.05, 4.69) is 25.9 Å². The number of nitrogens with one attached hydrogen (secondary N) is 1. The van der Waals surface area contributed by atoms with Crippen molar-refractivity contribution in [2.24, 2.45) is 0 Å². The SMILES string of the molecule is CCCN(Cc1nc2cc(Cl)ccc2c(=O)[nH]1)C(=O)COc1ccc(Br)cc1F. The van der Waals surface area contributed by atoms with E-state index < -0.39 is 5.82 Å². The first kappa shape index (κ1) is 21.3. The van der Waals surface area contributed by atoms with Gasteiger partial charge in [-0.05, 0) is 42.8 Å². The summed E-state index contributed by atoms with van der Waals surface area (Å²) in [6, 6.07) is 9.15. The monoisotopic (exact) mass is 481 g/mol. The number of aromatic amines is 1. The summed E-state index contributed by atoms with van der Waals surface area (Å²) in [6.45, 7) is 2.12. The van der Waals surface area contributed by atoms with E-state index in [1.54, 1.807) is 24.3 Å². The fraction of sp³-hybridized carbons (Fsp3) is 0.250. The third kappa shape index (κ3) is 5.33. The Morgan fingerprint density at radius 3 is 2.83 bits per heavy atom. The maximum Gasteiger partial charge on any atom is 0.260 e. The first-order chi connectivity index (χ1) is 13.9. The molecule has 1 N–H and O–H groups in total. The van der Waals surface area contributed by atoms with Crippen molar-refractivity contribution in [3.8, 4) is 5.75 Å². The van der Waals surface area contributed by atoms with E-state index >= 15 is 0 Å². The molecule has 0 saturated heterocycles. The van der Waals surface area contributed by atoms with Crippen molar-refractivity contribution >= 4 is 44.3 Å². The van der Waals surface area contributed by atoms with E-state index in [0.717, 1.165) is 0 Å². The first-order valence-electron chi connectivity index (χ1n) is 8.91. The summed E-state index contributed by atoms with van der Waals surface area (Å²) < 4.78 is 19.8. The number of carbonyl (C=O) groups is 1. The van der Waals surface area contributed by atoms with Crippen LogP contribution in [0.4, 0.5) is 4.39 Å². The number of hydrogen-bond acceptors (Lipinski definition) is 4. The van der Waals surface area contributed by atoms with E-state index in [-0.39, 0.29) is 30.4 Å². The molecule has 29 heavy (non-hydrogen) atoms. The van der Waals surface area contributed by atoms with Crippen molar-refractivity contribution < 1.29 is 13.9 Å². The first-order valence-corrected chi connectivity index (χ1v) is 10.1. The summed E-state index contributed by atoms with van der Waals surface area (Å²) in [5.74, 6) is -0.583. The molecule has 9 heteroatoms. The van der Waals surface area contributed by atoms with Crippen LogP contribution < -0.4 is 10.3 Å². The summed E-state index contributed by atoms with van der Waals surface area (Å²) >= 11 is 9.15. The quantitative estimate of drug-likeness (QED) is 0.545. The van der Waals surface area contributed by atoms with Crippen LogP contribution in [0.3, 0.4) is 0 Å². The molecule has 0 aliphatic rings. The molecule has 3 aromatic rings. The van der Waals surface area contributed by atoms with Crippen molar-refractivity contribution in [2.45, 2.75) is 19.9 Å². The number of hydrogen-bond donors (Lipinski definition) is 1. The molecule has 1 heterocycles. The molecule has 0 radical (unpaired) electrons. The number of amides is 1. The van der Waals surface area contributed by atoms with Gasteiger partial charge >= 0.3 is 0 Å². The molecule has 1 aromatic heterocycles. The Balaban J connectivity index is 1.76. The average molecular weight is 483 g/mol. The lowest BCUT2D eigenvalue weighted by atomic mass is 10.2. The Morgan fingerprint density at radius 2 is 2.10 bits per heavy atom. The Bertz CT molecular complexity index is 1110. The molecule has 1 amide bonds. The predicted octanol–water partition coefficient (Wildman–Crippen LogP) is 4.30. The highest BCUT2D eigenvalue weighted by Crippen LogP contribution is 2.21. The number of H-pyrrole nitrogens is 1. The minimum Gasteiger partial charge on any atom is -0.481 e. The van der Waals surface area contributed by atoms with Gasteiger partial charge in [-0.15, -0.1) is 0 Å². The van der Waals surface area contributed by atoms with Crippen LogP contribution in [0.25, 0.3) is 10.9 Å². The molecule has 0 fully saturated rings. The number of benzene rings is 2. The van der Waals surface area contributed by atoms with Crippen LogP contribution in [-0.2, 0) is 11.3 Å². The molecule has 0 saturated carbocycles. The molecule has 152 valence electrons. The van der Waals surface area contributed by atoms with Gasteiger partial charge in [0, 0.05) is 16.0 Å². The van der Waals surface area contributed by atoms with Gasteiger partial charge in [0.05, 0.1) is 17.4 Å². The molecule has 3 rings (SSSR count). The zero-order valence-corrected chi connectivity index (χ0v) is 17.9. The number of carbonyl (C=O) groups excluding carboxylic acids is 1. The van der Waals surface area contributed by atoms with Crippen LogP contribution in [-0.4, -0.2) is 33.9 Å². The molecule has 2 aromatic carbocycles. The van der Waals surface area contributed by atoms with Crippen molar-refractivity contribution in [3.63, 3.8) is 0 Å². The maximum absolute atomic E-state index is 13.9. The zero-order chi connectivity index (χ0) is 21.0. The molecule has 0 aliphatic heterocycles. The molecule has 0 unspecified atom stereocenters. The zero-order valence-electron chi connectivity index (χ0n) is 15.5. The van der Waals surface area contributed by atoms with Crippen LogP contribution in [0, 0.1) is 5.82 Å². The number of aromatic nitrogens is 2. The lowest BCUT2D eigenvalue weighted by molar-refractivity contribution is -0.134. The predicted molar refractivity (Wildman–Crippen MR) is 113 cm³/mol. The molecule has 0 atom stereocenters. The van der Waals surface area contributed by atoms with Crippen molar-refractivity contribution in [1.29, 1.82) is 0 Å². The summed E-state index contributed by atoms with van der Waals surface area (Å²) in [7, 11) is 0. The lowest BCUT2D eigenvalue weighted by Gasteiger charge is -2.22. The van der Waals surface area contributed by atoms with Crippen molar-refractivity contribution in [2.75, 3.05) is 13.2 Å². The Hall–Kier alpha value is -2.45. The normalized spacial score (nSPS) is 10.9. The van der Waals surface area contributed by atoms with Crippen LogP contribution in [0.2, 0.25) is 5.02 Å². The fourth-order valence-electron chi connectivity index (χ4n) is 2.80. The van der Waals surface area contributed by atoms with E-state index in [9.17, 15) is 14.0 Å². The number of fused-ring (bicyclic) bond motifs is 1. The second kappa shape index (κ2) is 9.37. The van der Waals surface area contributed by atoms with E-state index in [4.69, 9.17) is 16.3 Å². The van der Waals surface area contributed by atoms with Gasteiger partial charge in [-0.1, -0.05) is 34.5 Å². The Kier molecular flexibility index (Phi) is 6.87. The maximum atomic E-state index is 13.9. The molecular weight excluding hydrogens is 465 g/mol. The van der Waals surface area contributed by atoms with Crippen LogP contribution >= 0.6 is 27.5 Å². The Labute approximate surface area is 179 Å². The standard InChI is InChI=1S/C20H18BrClFN3O3/c1-2-7-26(19(27)11-29-17-6-3-12(21)8-15(17)23)10-18-24-16-9-13(22)4-5-14(16)20(28)25-18/h3-6,8-9H,2,7,10-11H2,1H3,(H,24,25,28). The van der Waals surface area contributed by atoms with Gasteiger partial charge in [-0.3, -0.25) is 9.59 Å². The molecule has 0 spiro atoms. The number of halogens is 3. The van der Waals surface area contributed by atoms with Gasteiger partial charge in [0.1, 0.15) is 5.82 Å². The van der Waals surface area contributed by atoms with E-state index in [1.165, 1.54) is 17.0 Å². The van der Waals surface area contributed by atoms with E-state index in [1.807, 2.05) is 6.92 Å². The topological polar surface area (TPSA) is 75.3 Å². The van der Waals surface area contributed by atoms with Gasteiger partial charge in [0.25, 0.3) is 11.5 Å². The van der Waals surface area contributed by atoms with Gasteiger partial charge in [0.2, 0.25) is 0 Å². The van der Waals surface area contributed by atoms with Crippen LogP contribution in [0.1, 0.15) is 19.2 Å². The van der Waals surface area contributed by atoms with Gasteiger partial charge in [0.15, 0.2) is 18.2 Å². The summed E-state index contributed by atoms with van der Waals surface area (Å²) in [4.78, 5) is 33.5. The third-order valence-corrected chi connectivity index (χ3v) is 4.88. The van der Waals surface area contributed by atoms with Gasteiger partial charge in [-0.2, -0.15) is 0 Å². The molecule has 0 bridgehead atoms. The summed E-state index contributed by atoms with van der Waals surface area (Å²) in [5.41, 5.74) is 0.145. The molecule has 0 aliphatic carbocycles. The highest BCUT2D eigenvalue weighted by atomic mass is 79.9. The number of rotatable bonds is 7.